The van der Waals surface area contributed by atoms with Gasteiger partial charge in [-0.3, -0.25) is 14.4 Å². The van der Waals surface area contributed by atoms with Crippen LogP contribution >= 0.6 is 11.8 Å². The molecule has 0 saturated carbocycles. The van der Waals surface area contributed by atoms with E-state index in [2.05, 4.69) is 6.58 Å². The van der Waals surface area contributed by atoms with Crippen molar-refractivity contribution >= 4 is 28.6 Å². The molecule has 0 heterocycles. The number of rotatable bonds is 19. The third-order valence-electron chi connectivity index (χ3n) is 3.59. The summed E-state index contributed by atoms with van der Waals surface area (Å²) in [7, 11) is 0. The number of thioether (sulfide) groups is 1. The first kappa shape index (κ1) is 25.8. The predicted octanol–water partition coefficient (Wildman–Crippen LogP) is 3.72. The molecule has 0 aliphatic rings. The van der Waals surface area contributed by atoms with Crippen molar-refractivity contribution in [3.63, 3.8) is 0 Å². The van der Waals surface area contributed by atoms with Gasteiger partial charge in [0.1, 0.15) is 12.4 Å². The number of esters is 1. The van der Waals surface area contributed by atoms with Gasteiger partial charge in [0.25, 0.3) is 0 Å². The van der Waals surface area contributed by atoms with Crippen molar-refractivity contribution < 1.29 is 28.6 Å². The first-order chi connectivity index (χ1) is 13.1. The van der Waals surface area contributed by atoms with Gasteiger partial charge in [-0.05, 0) is 25.7 Å². The smallest absolute Gasteiger partial charge is 0.305 e. The lowest BCUT2D eigenvalue weighted by atomic mass is 10.1. The lowest BCUT2D eigenvalue weighted by Crippen LogP contribution is -2.12. The summed E-state index contributed by atoms with van der Waals surface area (Å²) in [5.74, 6) is 0.825. The van der Waals surface area contributed by atoms with Gasteiger partial charge < -0.3 is 14.2 Å². The van der Waals surface area contributed by atoms with Crippen LogP contribution in [0.5, 0.6) is 0 Å². The highest BCUT2D eigenvalue weighted by Crippen LogP contribution is 2.10. The van der Waals surface area contributed by atoms with Crippen molar-refractivity contribution in [1.29, 1.82) is 0 Å². The normalized spacial score (nSPS) is 10.6. The van der Waals surface area contributed by atoms with Crippen LogP contribution in [0, 0.1) is 0 Å². The monoisotopic (exact) mass is 402 g/mol. The fourth-order valence-corrected chi connectivity index (χ4v) is 2.84. The van der Waals surface area contributed by atoms with Gasteiger partial charge in [0.05, 0.1) is 26.4 Å². The number of unbranched alkanes of at least 4 members (excludes halogenated alkanes) is 3. The molecular weight excluding hydrogens is 368 g/mol. The zero-order chi connectivity index (χ0) is 20.2. The Morgan fingerprint density at radius 3 is 2.19 bits per heavy atom. The molecule has 0 aromatic carbocycles. The summed E-state index contributed by atoms with van der Waals surface area (Å²) in [5.41, 5.74) is 0. The molecule has 0 aromatic rings. The summed E-state index contributed by atoms with van der Waals surface area (Å²) in [6.45, 7) is 7.16. The Balaban J connectivity index is 3.35. The molecule has 0 aromatic heterocycles. The van der Waals surface area contributed by atoms with E-state index in [4.69, 9.17) is 14.2 Å². The fraction of sp³-hybridized carbons (Fsp3) is 0.750. The third kappa shape index (κ3) is 21.0. The van der Waals surface area contributed by atoms with E-state index in [-0.39, 0.29) is 23.5 Å². The second kappa shape index (κ2) is 19.6. The van der Waals surface area contributed by atoms with Crippen LogP contribution in [0.1, 0.15) is 58.3 Å². The van der Waals surface area contributed by atoms with Crippen LogP contribution in [0.4, 0.5) is 0 Å². The average molecular weight is 403 g/mol. The van der Waals surface area contributed by atoms with Crippen molar-refractivity contribution in [3.05, 3.63) is 12.7 Å². The van der Waals surface area contributed by atoms with Gasteiger partial charge in [-0.1, -0.05) is 24.3 Å². The van der Waals surface area contributed by atoms with Gasteiger partial charge in [0.15, 0.2) is 5.12 Å². The molecule has 0 aliphatic heterocycles. The second-order valence-electron chi connectivity index (χ2n) is 6.09. The van der Waals surface area contributed by atoms with Gasteiger partial charge in [0.2, 0.25) is 0 Å². The highest BCUT2D eigenvalue weighted by atomic mass is 32.2. The average Bonchev–Trinajstić information content (AvgIpc) is 2.63. The molecule has 27 heavy (non-hydrogen) atoms. The second-order valence-corrected chi connectivity index (χ2v) is 7.36. The molecular formula is C20H34O6S. The van der Waals surface area contributed by atoms with E-state index in [1.165, 1.54) is 11.8 Å². The molecule has 0 bridgehead atoms. The molecule has 0 atom stereocenters. The summed E-state index contributed by atoms with van der Waals surface area (Å²) in [4.78, 5) is 34.1. The van der Waals surface area contributed by atoms with E-state index in [0.717, 1.165) is 25.0 Å². The Morgan fingerprint density at radius 2 is 1.48 bits per heavy atom. The molecule has 0 saturated heterocycles. The van der Waals surface area contributed by atoms with E-state index >= 15 is 0 Å². The molecule has 0 fully saturated rings. The molecule has 6 nitrogen and oxygen atoms in total. The molecule has 0 amide bonds. The van der Waals surface area contributed by atoms with Gasteiger partial charge in [0, 0.05) is 31.9 Å². The molecule has 0 aliphatic carbocycles. The SMILES string of the molecule is C=CCOCCOCCOC(=O)CCCCC(=O)CCCCCSC(C)=O. The third-order valence-corrected chi connectivity index (χ3v) is 4.49. The van der Waals surface area contributed by atoms with Gasteiger partial charge in [-0.15, -0.1) is 6.58 Å². The number of ketones is 1. The van der Waals surface area contributed by atoms with Crippen molar-refractivity contribution in [3.8, 4) is 0 Å². The molecule has 0 unspecified atom stereocenters. The lowest BCUT2D eigenvalue weighted by molar-refractivity contribution is -0.145. The van der Waals surface area contributed by atoms with Crippen LogP contribution in [0.25, 0.3) is 0 Å². The summed E-state index contributed by atoms with van der Waals surface area (Å²) in [5, 5.41) is 0.144. The summed E-state index contributed by atoms with van der Waals surface area (Å²) < 4.78 is 15.5. The van der Waals surface area contributed by atoms with Crippen LogP contribution in [-0.4, -0.2) is 55.7 Å². The summed E-state index contributed by atoms with van der Waals surface area (Å²) in [6, 6.07) is 0. The zero-order valence-electron chi connectivity index (χ0n) is 16.5. The van der Waals surface area contributed by atoms with Crippen LogP contribution in [0.3, 0.4) is 0 Å². The quantitative estimate of drug-likeness (QED) is 0.185. The first-order valence-corrected chi connectivity index (χ1v) is 10.6. The van der Waals surface area contributed by atoms with E-state index in [9.17, 15) is 14.4 Å². The lowest BCUT2D eigenvalue weighted by Gasteiger charge is -2.06. The molecule has 0 spiro atoms. The highest BCUT2D eigenvalue weighted by Gasteiger charge is 2.06. The molecule has 0 rings (SSSR count). The van der Waals surface area contributed by atoms with Crippen molar-refractivity contribution in [2.75, 3.05) is 38.8 Å². The maximum absolute atomic E-state index is 11.8. The van der Waals surface area contributed by atoms with Gasteiger partial charge >= 0.3 is 5.97 Å². The molecule has 0 N–H and O–H groups in total. The van der Waals surface area contributed by atoms with Gasteiger partial charge in [-0.25, -0.2) is 0 Å². The Labute approximate surface area is 167 Å². The number of carbonyl (C=O) groups is 3. The maximum Gasteiger partial charge on any atom is 0.305 e. The van der Waals surface area contributed by atoms with E-state index < -0.39 is 0 Å². The van der Waals surface area contributed by atoms with E-state index in [0.29, 0.717) is 58.5 Å². The number of ether oxygens (including phenoxy) is 3. The van der Waals surface area contributed by atoms with Crippen molar-refractivity contribution in [2.45, 2.75) is 58.3 Å². The molecule has 0 radical (unpaired) electrons. The topological polar surface area (TPSA) is 78.9 Å². The Hall–Kier alpha value is -1.18. The summed E-state index contributed by atoms with van der Waals surface area (Å²) in [6.07, 6.45) is 7.30. The number of Topliss-reactive ketones (excluding diaryl/α,β-unsaturated/α-hetero) is 1. The highest BCUT2D eigenvalue weighted by molar-refractivity contribution is 8.13. The maximum atomic E-state index is 11.8. The Kier molecular flexibility index (Phi) is 18.7. The van der Waals surface area contributed by atoms with Crippen LogP contribution in [-0.2, 0) is 28.6 Å². The van der Waals surface area contributed by atoms with E-state index in [1.807, 2.05) is 0 Å². The number of hydrogen-bond acceptors (Lipinski definition) is 7. The van der Waals surface area contributed by atoms with Crippen LogP contribution in [0.2, 0.25) is 0 Å². The van der Waals surface area contributed by atoms with Crippen molar-refractivity contribution in [1.82, 2.24) is 0 Å². The fourth-order valence-electron chi connectivity index (χ4n) is 2.21. The number of carbonyl (C=O) groups excluding carboxylic acids is 3. The minimum Gasteiger partial charge on any atom is -0.463 e. The standard InChI is InChI=1S/C20H34O6S/c1-3-12-24-13-14-25-15-16-26-20(23)11-7-6-10-19(22)9-5-4-8-17-27-18(2)21/h3H,1,4-17H2,2H3. The minimum atomic E-state index is -0.253. The van der Waals surface area contributed by atoms with Gasteiger partial charge in [-0.2, -0.15) is 0 Å². The van der Waals surface area contributed by atoms with Crippen LogP contribution in [0.15, 0.2) is 12.7 Å². The Bertz CT molecular complexity index is 425. The molecule has 156 valence electrons. The van der Waals surface area contributed by atoms with Crippen molar-refractivity contribution in [2.24, 2.45) is 0 Å². The molecule has 7 heteroatoms. The largest absolute Gasteiger partial charge is 0.463 e. The Morgan fingerprint density at radius 1 is 0.852 bits per heavy atom. The van der Waals surface area contributed by atoms with Crippen LogP contribution < -0.4 is 0 Å². The van der Waals surface area contributed by atoms with E-state index in [1.54, 1.807) is 13.0 Å². The summed E-state index contributed by atoms with van der Waals surface area (Å²) >= 11 is 1.34. The number of hydrogen-bond donors (Lipinski definition) is 0. The minimum absolute atomic E-state index is 0.144. The zero-order valence-corrected chi connectivity index (χ0v) is 17.4. The predicted molar refractivity (Wildman–Crippen MR) is 108 cm³/mol. The first-order valence-electron chi connectivity index (χ1n) is 9.63.